The summed E-state index contributed by atoms with van der Waals surface area (Å²) in [5.41, 5.74) is 6.37. The quantitative estimate of drug-likeness (QED) is 0.132. The van der Waals surface area contributed by atoms with Gasteiger partial charge >= 0.3 is 17.9 Å². The molecule has 0 saturated carbocycles. The predicted molar refractivity (Wildman–Crippen MR) is 221 cm³/mol. The molecular formula is C49H35BrO7. The number of halogens is 1. The summed E-state index contributed by atoms with van der Waals surface area (Å²) in [7, 11) is 0. The third-order valence-electron chi connectivity index (χ3n) is 9.90. The molecule has 1 aliphatic carbocycles. The molecule has 0 saturated heterocycles. The number of hydrogen-bond donors (Lipinski definition) is 1. The first-order chi connectivity index (χ1) is 27.8. The number of benzene rings is 7. The Labute approximate surface area is 338 Å². The monoisotopic (exact) mass is 814 g/mol. The fourth-order valence-corrected chi connectivity index (χ4v) is 7.68. The van der Waals surface area contributed by atoms with Crippen LogP contribution < -0.4 is 14.2 Å². The maximum Gasteiger partial charge on any atom is 0.343 e. The second-order valence-electron chi connectivity index (χ2n) is 13.8. The van der Waals surface area contributed by atoms with Crippen molar-refractivity contribution in [3.8, 4) is 23.0 Å². The highest BCUT2D eigenvalue weighted by atomic mass is 79.9. The van der Waals surface area contributed by atoms with Crippen molar-refractivity contribution in [2.24, 2.45) is 0 Å². The Balaban J connectivity index is 1.32. The predicted octanol–water partition coefficient (Wildman–Crippen LogP) is 10.5. The second kappa shape index (κ2) is 16.5. The van der Waals surface area contributed by atoms with Crippen LogP contribution in [0.5, 0.6) is 23.0 Å². The van der Waals surface area contributed by atoms with E-state index in [-0.39, 0.29) is 31.4 Å². The maximum atomic E-state index is 13.8. The molecule has 0 heterocycles. The Morgan fingerprint density at radius 2 is 0.649 bits per heavy atom. The fourth-order valence-electron chi connectivity index (χ4n) is 7.13. The average Bonchev–Trinajstić information content (AvgIpc) is 3.23. The van der Waals surface area contributed by atoms with Crippen LogP contribution in [0.3, 0.4) is 0 Å². The molecule has 0 radical (unpaired) electrons. The van der Waals surface area contributed by atoms with E-state index >= 15 is 0 Å². The van der Waals surface area contributed by atoms with Gasteiger partial charge in [0.1, 0.15) is 23.0 Å². The lowest BCUT2D eigenvalue weighted by atomic mass is 9.91. The van der Waals surface area contributed by atoms with E-state index in [2.05, 4.69) is 15.9 Å². The average molecular weight is 816 g/mol. The molecule has 0 unspecified atom stereocenters. The smallest absolute Gasteiger partial charge is 0.343 e. The van der Waals surface area contributed by atoms with E-state index in [1.54, 1.807) is 72.8 Å². The van der Waals surface area contributed by atoms with Crippen molar-refractivity contribution in [1.82, 2.24) is 0 Å². The Morgan fingerprint density at radius 3 is 0.930 bits per heavy atom. The zero-order valence-electron chi connectivity index (χ0n) is 30.6. The van der Waals surface area contributed by atoms with E-state index in [0.717, 1.165) is 4.47 Å². The molecule has 8 bridgehead atoms. The van der Waals surface area contributed by atoms with Crippen molar-refractivity contribution >= 4 is 33.8 Å². The third kappa shape index (κ3) is 8.27. The van der Waals surface area contributed by atoms with Crippen LogP contribution in [-0.4, -0.2) is 23.0 Å². The Kier molecular flexibility index (Phi) is 10.8. The topological polar surface area (TPSA) is 99.1 Å². The van der Waals surface area contributed by atoms with Crippen molar-refractivity contribution in [2.75, 3.05) is 0 Å². The summed E-state index contributed by atoms with van der Waals surface area (Å²) in [4.78, 5) is 41.1. The number of ether oxygens (including phenoxy) is 3. The molecule has 8 rings (SSSR count). The molecule has 0 fully saturated rings. The molecule has 1 N–H and O–H groups in total. The number of rotatable bonds is 6. The lowest BCUT2D eigenvalue weighted by Crippen LogP contribution is -2.14. The molecule has 0 atom stereocenters. The molecule has 0 spiro atoms. The number of phenols is 1. The van der Waals surface area contributed by atoms with Gasteiger partial charge in [-0.1, -0.05) is 125 Å². The first kappa shape index (κ1) is 37.2. The van der Waals surface area contributed by atoms with E-state index in [1.807, 2.05) is 84.9 Å². The van der Waals surface area contributed by atoms with Gasteiger partial charge in [-0.2, -0.15) is 0 Å². The molecular weight excluding hydrogens is 780 g/mol. The van der Waals surface area contributed by atoms with Crippen LogP contribution in [0.15, 0.2) is 162 Å². The summed E-state index contributed by atoms with van der Waals surface area (Å²) in [5.74, 6) is -0.469. The lowest BCUT2D eigenvalue weighted by Gasteiger charge is -2.21. The molecule has 57 heavy (non-hydrogen) atoms. The summed E-state index contributed by atoms with van der Waals surface area (Å²) >= 11 is 3.66. The highest BCUT2D eigenvalue weighted by molar-refractivity contribution is 9.10. The largest absolute Gasteiger partial charge is 0.507 e. The van der Waals surface area contributed by atoms with Crippen molar-refractivity contribution in [1.29, 1.82) is 0 Å². The van der Waals surface area contributed by atoms with Crippen LogP contribution in [0, 0.1) is 0 Å². The van der Waals surface area contributed by atoms with Crippen LogP contribution in [0.2, 0.25) is 0 Å². The number of carbonyl (C=O) groups excluding carboxylic acids is 3. The van der Waals surface area contributed by atoms with E-state index in [4.69, 9.17) is 14.2 Å². The molecule has 0 aromatic heterocycles. The van der Waals surface area contributed by atoms with Gasteiger partial charge in [0.05, 0.1) is 16.7 Å². The Hall–Kier alpha value is -6.77. The van der Waals surface area contributed by atoms with Crippen LogP contribution >= 0.6 is 15.9 Å². The second-order valence-corrected chi connectivity index (χ2v) is 14.7. The summed E-state index contributed by atoms with van der Waals surface area (Å²) in [5, 5.41) is 11.9. The lowest BCUT2D eigenvalue weighted by molar-refractivity contribution is 0.0722. The highest BCUT2D eigenvalue weighted by Gasteiger charge is 2.25. The van der Waals surface area contributed by atoms with Gasteiger partial charge in [0.2, 0.25) is 0 Å². The molecule has 8 heteroatoms. The summed E-state index contributed by atoms with van der Waals surface area (Å²) in [6, 6.07) is 46.9. The van der Waals surface area contributed by atoms with Crippen molar-refractivity contribution in [3.05, 3.63) is 223 Å². The number of fused-ring (bicyclic) bond motifs is 8. The van der Waals surface area contributed by atoms with Crippen LogP contribution in [0.1, 0.15) is 75.6 Å². The zero-order chi connectivity index (χ0) is 39.3. The van der Waals surface area contributed by atoms with Gasteiger partial charge in [-0.3, -0.25) is 0 Å². The molecule has 280 valence electrons. The number of para-hydroxylation sites is 3. The summed E-state index contributed by atoms with van der Waals surface area (Å²) in [6.07, 6.45) is 0.884. The number of esters is 3. The minimum Gasteiger partial charge on any atom is -0.507 e. The van der Waals surface area contributed by atoms with Crippen molar-refractivity contribution in [2.45, 2.75) is 25.7 Å². The normalized spacial score (nSPS) is 11.9. The third-order valence-corrected chi connectivity index (χ3v) is 10.4. The first-order valence-electron chi connectivity index (χ1n) is 18.4. The van der Waals surface area contributed by atoms with Gasteiger partial charge in [-0.05, 0) is 93.0 Å². The van der Waals surface area contributed by atoms with E-state index in [9.17, 15) is 19.5 Å². The van der Waals surface area contributed by atoms with Gasteiger partial charge in [-0.15, -0.1) is 0 Å². The maximum absolute atomic E-state index is 13.8. The van der Waals surface area contributed by atoms with Gasteiger partial charge < -0.3 is 19.3 Å². The van der Waals surface area contributed by atoms with Gasteiger partial charge in [-0.25, -0.2) is 14.4 Å². The van der Waals surface area contributed by atoms with E-state index < -0.39 is 17.9 Å². The SMILES string of the molecule is O=C(Oc1c2cccc1Cc1cccc(c1OC(=O)c1ccccc1)Cc1cccc(c1OC(=O)c1ccccc1)Cc1cc(Br)cc(c1O)C2)c1ccccc1. The van der Waals surface area contributed by atoms with Crippen LogP contribution in [0.25, 0.3) is 0 Å². The van der Waals surface area contributed by atoms with Crippen LogP contribution in [0.4, 0.5) is 0 Å². The summed E-state index contributed by atoms with van der Waals surface area (Å²) < 4.78 is 19.5. The standard InChI is InChI=1S/C49H35BrO7/c50-42-29-40-27-38-23-11-21-36(45(38)56-48(53)32-15-6-2-7-16-32)25-34-19-10-20-35(44(34)55-47(52)31-13-4-1-5-14-31)26-37-22-12-24-39(28-41(30-42)43(40)51)46(37)57-49(54)33-17-8-3-9-18-33/h1-24,29-30,51H,25-28H2. The van der Waals surface area contributed by atoms with Gasteiger partial charge in [0.15, 0.2) is 0 Å². The minimum atomic E-state index is -0.535. The van der Waals surface area contributed by atoms with Crippen molar-refractivity contribution < 1.29 is 33.7 Å². The first-order valence-corrected chi connectivity index (χ1v) is 19.2. The van der Waals surface area contributed by atoms with E-state index in [1.165, 1.54) is 0 Å². The molecule has 7 aromatic carbocycles. The molecule has 0 aliphatic heterocycles. The highest BCUT2D eigenvalue weighted by Crippen LogP contribution is 2.40. The number of hydrogen-bond acceptors (Lipinski definition) is 7. The molecule has 7 nitrogen and oxygen atoms in total. The Morgan fingerprint density at radius 1 is 0.386 bits per heavy atom. The molecule has 0 amide bonds. The number of aromatic hydroxyl groups is 1. The number of phenolic OH excluding ortho intramolecular Hbond substituents is 1. The summed E-state index contributed by atoms with van der Waals surface area (Å²) in [6.45, 7) is 0. The van der Waals surface area contributed by atoms with Crippen LogP contribution in [-0.2, 0) is 25.7 Å². The minimum absolute atomic E-state index is 0.0714. The van der Waals surface area contributed by atoms with E-state index in [0.29, 0.717) is 78.4 Å². The fraction of sp³-hybridized carbons (Fsp3) is 0.0816. The Bertz CT molecular complexity index is 2470. The molecule has 7 aromatic rings. The van der Waals surface area contributed by atoms with Gasteiger partial charge in [0.25, 0.3) is 0 Å². The van der Waals surface area contributed by atoms with Gasteiger partial charge in [0, 0.05) is 30.2 Å². The molecule has 1 aliphatic rings. The zero-order valence-corrected chi connectivity index (χ0v) is 32.2. The number of carbonyl (C=O) groups is 3. The van der Waals surface area contributed by atoms with Crippen molar-refractivity contribution in [3.63, 3.8) is 0 Å².